The second-order valence-corrected chi connectivity index (χ2v) is 9.21. The number of carbonyl (C=O) groups excluding carboxylic acids is 3. The number of benzene rings is 1. The number of ether oxygens (including phenoxy) is 1. The molecule has 4 aliphatic rings. The highest BCUT2D eigenvalue weighted by atomic mass is 16.6. The summed E-state index contributed by atoms with van der Waals surface area (Å²) in [5.74, 6) is -3.82. The van der Waals surface area contributed by atoms with Gasteiger partial charge in [0.05, 0.1) is 11.8 Å². The first kappa shape index (κ1) is 21.9. The van der Waals surface area contributed by atoms with Crippen LogP contribution < -0.4 is 21.9 Å². The van der Waals surface area contributed by atoms with E-state index in [9.17, 15) is 34.2 Å². The van der Waals surface area contributed by atoms with Crippen molar-refractivity contribution in [1.29, 1.82) is 0 Å². The molecule has 1 aromatic carbocycles. The van der Waals surface area contributed by atoms with E-state index in [1.54, 1.807) is 24.3 Å². The van der Waals surface area contributed by atoms with Gasteiger partial charge in [0, 0.05) is 36.6 Å². The molecule has 4 aliphatic heterocycles. The average Bonchev–Trinajstić information content (AvgIpc) is 3.49. The number of aromatic nitrogens is 2. The zero-order valence-electron chi connectivity index (χ0n) is 18.2. The molecule has 0 saturated carbocycles. The number of carbonyl (C=O) groups is 3. The van der Waals surface area contributed by atoms with Crippen LogP contribution in [0, 0.1) is 11.8 Å². The summed E-state index contributed by atoms with van der Waals surface area (Å²) in [6, 6.07) is 6.79. The molecule has 3 saturated heterocycles. The first-order valence-corrected chi connectivity index (χ1v) is 11.0. The fourth-order valence-electron chi connectivity index (χ4n) is 5.95. The second kappa shape index (κ2) is 7.18. The zero-order valence-corrected chi connectivity index (χ0v) is 18.2. The van der Waals surface area contributed by atoms with E-state index in [1.165, 1.54) is 7.05 Å². The van der Waals surface area contributed by atoms with E-state index < -0.39 is 76.9 Å². The van der Waals surface area contributed by atoms with Gasteiger partial charge in [0.15, 0.2) is 6.23 Å². The Bertz CT molecular complexity index is 1400. The summed E-state index contributed by atoms with van der Waals surface area (Å²) >= 11 is 0. The highest BCUT2D eigenvalue weighted by Gasteiger charge is 2.72. The number of fused-ring (bicyclic) bond motifs is 4. The van der Waals surface area contributed by atoms with Gasteiger partial charge in [-0.15, -0.1) is 0 Å². The summed E-state index contributed by atoms with van der Waals surface area (Å²) in [5.41, 5.74) is -2.13. The summed E-state index contributed by atoms with van der Waals surface area (Å²) in [4.78, 5) is 66.5. The molecule has 182 valence electrons. The Balaban J connectivity index is 1.44. The highest BCUT2D eigenvalue weighted by Crippen LogP contribution is 2.54. The average molecular weight is 483 g/mol. The maximum atomic E-state index is 13.3. The molecular formula is C22H21N5O8. The number of para-hydroxylation sites is 1. The molecule has 13 nitrogen and oxygen atoms in total. The molecule has 5 heterocycles. The first-order chi connectivity index (χ1) is 16.7. The Hall–Kier alpha value is -3.65. The van der Waals surface area contributed by atoms with Crippen LogP contribution >= 0.6 is 0 Å². The third-order valence-electron chi connectivity index (χ3n) is 7.53. The number of H-pyrrole nitrogens is 1. The van der Waals surface area contributed by atoms with Gasteiger partial charge in [-0.25, -0.2) is 4.79 Å². The van der Waals surface area contributed by atoms with Gasteiger partial charge >= 0.3 is 5.69 Å². The van der Waals surface area contributed by atoms with Crippen molar-refractivity contribution in [3.05, 3.63) is 62.9 Å². The highest BCUT2D eigenvalue weighted by molar-refractivity contribution is 6.15. The minimum Gasteiger partial charge on any atom is -0.387 e. The lowest BCUT2D eigenvalue weighted by Gasteiger charge is -2.30. The fourth-order valence-corrected chi connectivity index (χ4v) is 5.95. The van der Waals surface area contributed by atoms with Crippen molar-refractivity contribution < 1.29 is 29.3 Å². The molecule has 5 N–H and O–H groups in total. The number of aliphatic hydroxyl groups is 2. The van der Waals surface area contributed by atoms with Crippen LogP contribution in [0.5, 0.6) is 0 Å². The number of anilines is 1. The van der Waals surface area contributed by atoms with Gasteiger partial charge in [0.25, 0.3) is 5.56 Å². The molecule has 3 amide bonds. The molecule has 2 aromatic rings. The van der Waals surface area contributed by atoms with Crippen molar-refractivity contribution in [3.63, 3.8) is 0 Å². The standard InChI is InChI=1S/C22H21N5O8/c1-26-17(31)11-12(18(26)32)22(8-4-2-3-5-9(8)23-20(22)33)25-13(11)16-14(29)15(30)19(35-16)27-7-6-10(28)24-21(27)34/h2-7,11-16,19,25,29-30H,1H3,(H,23,33)(H,24,28,34)/t11-,12-,13+,14+,15-,16-,19-,22-/m1/s1. The lowest BCUT2D eigenvalue weighted by atomic mass is 9.76. The Labute approximate surface area is 196 Å². The van der Waals surface area contributed by atoms with E-state index in [4.69, 9.17) is 4.74 Å². The molecule has 1 spiro atoms. The van der Waals surface area contributed by atoms with Gasteiger partial charge in [0.2, 0.25) is 17.7 Å². The smallest absolute Gasteiger partial charge is 0.330 e. The molecule has 0 bridgehead atoms. The van der Waals surface area contributed by atoms with Crippen LogP contribution in [0.1, 0.15) is 11.8 Å². The van der Waals surface area contributed by atoms with Crippen LogP contribution in [0.4, 0.5) is 5.69 Å². The summed E-state index contributed by atoms with van der Waals surface area (Å²) < 4.78 is 6.81. The predicted octanol–water partition coefficient (Wildman–Crippen LogP) is -2.79. The molecule has 6 rings (SSSR count). The Morgan fingerprint density at radius 3 is 2.49 bits per heavy atom. The number of aliphatic hydroxyl groups excluding tert-OH is 2. The Kier molecular flexibility index (Phi) is 4.48. The molecule has 0 unspecified atom stereocenters. The maximum Gasteiger partial charge on any atom is 0.330 e. The normalized spacial score (nSPS) is 37.7. The van der Waals surface area contributed by atoms with E-state index >= 15 is 0 Å². The van der Waals surface area contributed by atoms with Gasteiger partial charge in [-0.05, 0) is 6.07 Å². The first-order valence-electron chi connectivity index (χ1n) is 11.0. The second-order valence-electron chi connectivity index (χ2n) is 9.21. The van der Waals surface area contributed by atoms with Crippen molar-refractivity contribution >= 4 is 23.4 Å². The quantitative estimate of drug-likeness (QED) is 0.282. The topological polar surface area (TPSA) is 183 Å². The summed E-state index contributed by atoms with van der Waals surface area (Å²) in [6.45, 7) is 0. The monoisotopic (exact) mass is 483 g/mol. The molecule has 0 aliphatic carbocycles. The zero-order chi connectivity index (χ0) is 24.8. The van der Waals surface area contributed by atoms with Crippen LogP contribution in [-0.2, 0) is 24.7 Å². The molecule has 13 heteroatoms. The minimum absolute atomic E-state index is 0.486. The summed E-state index contributed by atoms with van der Waals surface area (Å²) in [6.07, 6.45) is -4.72. The van der Waals surface area contributed by atoms with Crippen molar-refractivity contribution in [2.75, 3.05) is 12.4 Å². The van der Waals surface area contributed by atoms with Gasteiger partial charge in [-0.1, -0.05) is 18.2 Å². The third-order valence-corrected chi connectivity index (χ3v) is 7.53. The predicted molar refractivity (Wildman–Crippen MR) is 116 cm³/mol. The number of hydrogen-bond donors (Lipinski definition) is 5. The number of aromatic amines is 1. The Morgan fingerprint density at radius 2 is 1.74 bits per heavy atom. The van der Waals surface area contributed by atoms with E-state index in [0.29, 0.717) is 11.3 Å². The largest absolute Gasteiger partial charge is 0.387 e. The van der Waals surface area contributed by atoms with E-state index in [-0.39, 0.29) is 0 Å². The lowest BCUT2D eigenvalue weighted by Crippen LogP contribution is -2.56. The number of hydrogen-bond acceptors (Lipinski definition) is 9. The van der Waals surface area contributed by atoms with Gasteiger partial charge in [-0.2, -0.15) is 0 Å². The van der Waals surface area contributed by atoms with Crippen LogP contribution in [0.3, 0.4) is 0 Å². The van der Waals surface area contributed by atoms with Gasteiger partial charge in [-0.3, -0.25) is 38.9 Å². The fraction of sp³-hybridized carbons (Fsp3) is 0.409. The van der Waals surface area contributed by atoms with E-state index in [1.807, 2.05) is 0 Å². The van der Waals surface area contributed by atoms with Crippen molar-refractivity contribution in [2.45, 2.75) is 36.1 Å². The van der Waals surface area contributed by atoms with Crippen LogP contribution in [0.15, 0.2) is 46.1 Å². The maximum absolute atomic E-state index is 13.3. The van der Waals surface area contributed by atoms with E-state index in [2.05, 4.69) is 15.6 Å². The SMILES string of the molecule is CN1C(=O)[C@H]2[C@@H]([C@H]3O[C@@H](n4ccc(=O)[nH]c4=O)[C@H](O)[C@@H]3O)N[C@@]3(C(=O)Nc4ccccc43)[C@H]2C1=O. The number of rotatable bonds is 2. The van der Waals surface area contributed by atoms with Crippen LogP contribution in [0.25, 0.3) is 0 Å². The minimum atomic E-state index is -1.60. The number of nitrogens with one attached hydrogen (secondary N) is 3. The van der Waals surface area contributed by atoms with Crippen LogP contribution in [0.2, 0.25) is 0 Å². The van der Waals surface area contributed by atoms with Gasteiger partial charge < -0.3 is 20.3 Å². The van der Waals surface area contributed by atoms with Crippen molar-refractivity contribution in [2.24, 2.45) is 11.8 Å². The van der Waals surface area contributed by atoms with E-state index in [0.717, 1.165) is 21.7 Å². The number of amides is 3. The summed E-state index contributed by atoms with van der Waals surface area (Å²) in [7, 11) is 1.33. The van der Waals surface area contributed by atoms with Crippen molar-refractivity contribution in [1.82, 2.24) is 19.8 Å². The Morgan fingerprint density at radius 1 is 1.00 bits per heavy atom. The lowest BCUT2D eigenvalue weighted by molar-refractivity contribution is -0.142. The molecule has 0 radical (unpaired) electrons. The number of imide groups is 1. The molecule has 35 heavy (non-hydrogen) atoms. The number of nitrogens with zero attached hydrogens (tertiary/aromatic N) is 2. The van der Waals surface area contributed by atoms with Crippen LogP contribution in [-0.4, -0.2) is 73.8 Å². The van der Waals surface area contributed by atoms with Crippen molar-refractivity contribution in [3.8, 4) is 0 Å². The molecular weight excluding hydrogens is 462 g/mol. The van der Waals surface area contributed by atoms with Gasteiger partial charge in [0.1, 0.15) is 23.9 Å². The molecule has 1 aromatic heterocycles. The summed E-state index contributed by atoms with van der Waals surface area (Å²) in [5, 5.41) is 27.5. The molecule has 3 fully saturated rings. The number of likely N-dealkylation sites (tertiary alicyclic amines) is 1. The third kappa shape index (κ3) is 2.68. The molecule has 8 atom stereocenters.